The minimum absolute atomic E-state index is 0. The van der Waals surface area contributed by atoms with Crippen LogP contribution in [0.1, 0.15) is 24.0 Å². The molecule has 2 aromatic rings. The molecule has 0 bridgehead atoms. The number of benzene rings is 2. The molecule has 3 N–H and O–H groups in total. The summed E-state index contributed by atoms with van der Waals surface area (Å²) in [5.41, 5.74) is 1.91. The third kappa shape index (κ3) is 7.13. The maximum absolute atomic E-state index is 12.0. The van der Waals surface area contributed by atoms with E-state index in [-0.39, 0.29) is 28.9 Å². The Balaban J connectivity index is 0.00000320. The number of ether oxygens (including phenoxy) is 1. The molecule has 164 valence electrons. The van der Waals surface area contributed by atoms with Gasteiger partial charge in [-0.3, -0.25) is 4.99 Å². The first-order valence-electron chi connectivity index (χ1n) is 9.69. The highest BCUT2D eigenvalue weighted by Crippen LogP contribution is 2.30. The molecule has 0 aromatic heterocycles. The molecule has 0 radical (unpaired) electrons. The second-order valence-corrected chi connectivity index (χ2v) is 8.88. The van der Waals surface area contributed by atoms with Gasteiger partial charge in [-0.25, -0.2) is 13.1 Å². The van der Waals surface area contributed by atoms with Crippen molar-refractivity contribution >= 4 is 40.0 Å². The molecule has 0 amide bonds. The summed E-state index contributed by atoms with van der Waals surface area (Å²) in [5.74, 6) is 2.23. The van der Waals surface area contributed by atoms with Crippen LogP contribution in [0.5, 0.6) is 5.75 Å². The smallest absolute Gasteiger partial charge is 0.240 e. The van der Waals surface area contributed by atoms with Gasteiger partial charge in [-0.2, -0.15) is 0 Å². The van der Waals surface area contributed by atoms with Crippen molar-refractivity contribution in [1.82, 2.24) is 15.4 Å². The van der Waals surface area contributed by atoms with Gasteiger partial charge < -0.3 is 15.4 Å². The molecule has 1 aliphatic rings. The van der Waals surface area contributed by atoms with Crippen LogP contribution in [0.4, 0.5) is 0 Å². The van der Waals surface area contributed by atoms with E-state index in [1.54, 1.807) is 25.2 Å². The number of rotatable bonds is 9. The van der Waals surface area contributed by atoms with Gasteiger partial charge in [0.2, 0.25) is 10.0 Å². The van der Waals surface area contributed by atoms with Gasteiger partial charge in [0.05, 0.1) is 11.5 Å². The molecule has 3 rings (SSSR count). The molecule has 2 aromatic carbocycles. The van der Waals surface area contributed by atoms with Gasteiger partial charge in [-0.05, 0) is 49.6 Å². The zero-order valence-corrected chi connectivity index (χ0v) is 20.4. The van der Waals surface area contributed by atoms with Gasteiger partial charge in [0.15, 0.2) is 5.96 Å². The van der Waals surface area contributed by atoms with Crippen LogP contribution in [0.15, 0.2) is 58.4 Å². The van der Waals surface area contributed by atoms with Crippen LogP contribution in [0.3, 0.4) is 0 Å². The summed E-state index contributed by atoms with van der Waals surface area (Å²) in [6.45, 7) is 1.80. The lowest BCUT2D eigenvalue weighted by atomic mass is 10.2. The Bertz CT molecular complexity index is 962. The van der Waals surface area contributed by atoms with Crippen LogP contribution in [0.2, 0.25) is 0 Å². The first-order chi connectivity index (χ1) is 14.0. The predicted molar refractivity (Wildman–Crippen MR) is 130 cm³/mol. The molecule has 1 aliphatic carbocycles. The summed E-state index contributed by atoms with van der Waals surface area (Å²) in [7, 11) is -0.359. The number of para-hydroxylation sites is 1. The average Bonchev–Trinajstić information content (AvgIpc) is 3.58. The van der Waals surface area contributed by atoms with E-state index < -0.39 is 10.0 Å². The molecule has 0 aliphatic heterocycles. The zero-order chi connectivity index (χ0) is 20.7. The standard InChI is InChI=1S/C21H28N4O3S.HI/c1-22-21(24-13-17-6-5-8-19(12-17)29(26,27)23-2)25-14-18-7-3-4-9-20(18)28-15-16-10-11-16;/h3-9,12,16,23H,10-11,13-15H2,1-2H3,(H2,22,24,25);1H. The van der Waals surface area contributed by atoms with Crippen LogP contribution in [-0.2, 0) is 23.1 Å². The van der Waals surface area contributed by atoms with Crippen LogP contribution < -0.4 is 20.1 Å². The molecule has 0 heterocycles. The van der Waals surface area contributed by atoms with Crippen molar-refractivity contribution in [2.75, 3.05) is 20.7 Å². The molecule has 9 heteroatoms. The summed E-state index contributed by atoms with van der Waals surface area (Å²) in [6, 6.07) is 14.8. The predicted octanol–water partition coefficient (Wildman–Crippen LogP) is 2.87. The van der Waals surface area contributed by atoms with Crippen molar-refractivity contribution in [3.63, 3.8) is 0 Å². The maximum atomic E-state index is 12.0. The first-order valence-corrected chi connectivity index (χ1v) is 11.2. The average molecular weight is 544 g/mol. The lowest BCUT2D eigenvalue weighted by molar-refractivity contribution is 0.296. The number of guanidine groups is 1. The second-order valence-electron chi connectivity index (χ2n) is 7.00. The van der Waals surface area contributed by atoms with Gasteiger partial charge >= 0.3 is 0 Å². The summed E-state index contributed by atoms with van der Waals surface area (Å²) in [4.78, 5) is 4.48. The van der Waals surface area contributed by atoms with E-state index in [2.05, 4.69) is 20.3 Å². The Morgan fingerprint density at radius 3 is 2.53 bits per heavy atom. The highest BCUT2D eigenvalue weighted by Gasteiger charge is 2.22. The second kappa shape index (κ2) is 11.5. The Kier molecular flexibility index (Phi) is 9.37. The van der Waals surface area contributed by atoms with Crippen molar-refractivity contribution in [1.29, 1.82) is 0 Å². The number of nitrogens with one attached hydrogen (secondary N) is 3. The minimum atomic E-state index is -3.46. The highest BCUT2D eigenvalue weighted by molar-refractivity contribution is 14.0. The molecular formula is C21H29IN4O3S. The van der Waals surface area contributed by atoms with Gasteiger partial charge in [-0.15, -0.1) is 24.0 Å². The van der Waals surface area contributed by atoms with E-state index in [1.165, 1.54) is 19.9 Å². The third-order valence-corrected chi connectivity index (χ3v) is 6.16. The quantitative estimate of drug-likeness (QED) is 0.257. The molecule has 1 fully saturated rings. The SMILES string of the molecule is CN=C(NCc1cccc(S(=O)(=O)NC)c1)NCc1ccccc1OCC1CC1.I. The molecule has 0 atom stereocenters. The largest absolute Gasteiger partial charge is 0.493 e. The summed E-state index contributed by atoms with van der Waals surface area (Å²) in [5, 5.41) is 6.50. The molecule has 0 spiro atoms. The van der Waals surface area contributed by atoms with E-state index >= 15 is 0 Å². The first kappa shape index (κ1) is 24.4. The van der Waals surface area contributed by atoms with Crippen LogP contribution >= 0.6 is 24.0 Å². The van der Waals surface area contributed by atoms with E-state index in [1.807, 2.05) is 30.3 Å². The van der Waals surface area contributed by atoms with Crippen molar-refractivity contribution in [3.05, 3.63) is 59.7 Å². The Hall–Kier alpha value is -1.85. The van der Waals surface area contributed by atoms with Crippen LogP contribution in [-0.4, -0.2) is 35.1 Å². The normalized spacial score (nSPS) is 14.0. The molecule has 0 saturated heterocycles. The van der Waals surface area contributed by atoms with Gasteiger partial charge in [0, 0.05) is 25.7 Å². The number of halogens is 1. The van der Waals surface area contributed by atoms with Crippen molar-refractivity contribution in [3.8, 4) is 5.75 Å². The topological polar surface area (TPSA) is 91.8 Å². The molecule has 30 heavy (non-hydrogen) atoms. The Morgan fingerprint density at radius 2 is 1.83 bits per heavy atom. The number of hydrogen-bond acceptors (Lipinski definition) is 4. The fourth-order valence-electron chi connectivity index (χ4n) is 2.81. The van der Waals surface area contributed by atoms with E-state index in [4.69, 9.17) is 4.74 Å². The van der Waals surface area contributed by atoms with E-state index in [0.717, 1.165) is 23.5 Å². The van der Waals surface area contributed by atoms with Crippen LogP contribution in [0.25, 0.3) is 0 Å². The molecule has 1 saturated carbocycles. The van der Waals surface area contributed by atoms with Crippen molar-refractivity contribution in [2.24, 2.45) is 10.9 Å². The lowest BCUT2D eigenvalue weighted by Gasteiger charge is -2.15. The third-order valence-electron chi connectivity index (χ3n) is 4.75. The summed E-state index contributed by atoms with van der Waals surface area (Å²) >= 11 is 0. The van der Waals surface area contributed by atoms with Crippen molar-refractivity contribution < 1.29 is 13.2 Å². The van der Waals surface area contributed by atoms with Gasteiger partial charge in [0.1, 0.15) is 5.75 Å². The lowest BCUT2D eigenvalue weighted by Crippen LogP contribution is -2.36. The van der Waals surface area contributed by atoms with Gasteiger partial charge in [0.25, 0.3) is 0 Å². The summed E-state index contributed by atoms with van der Waals surface area (Å²) in [6.07, 6.45) is 2.52. The highest BCUT2D eigenvalue weighted by atomic mass is 127. The molecule has 7 nitrogen and oxygen atoms in total. The monoisotopic (exact) mass is 544 g/mol. The molecule has 0 unspecified atom stereocenters. The fraction of sp³-hybridized carbons (Fsp3) is 0.381. The zero-order valence-electron chi connectivity index (χ0n) is 17.2. The fourth-order valence-corrected chi connectivity index (χ4v) is 3.61. The molecular weight excluding hydrogens is 515 g/mol. The number of sulfonamides is 1. The Labute approximate surface area is 195 Å². The number of hydrogen-bond donors (Lipinski definition) is 3. The summed E-state index contributed by atoms with van der Waals surface area (Å²) < 4.78 is 32.2. The van der Waals surface area contributed by atoms with Crippen LogP contribution in [0, 0.1) is 5.92 Å². The van der Waals surface area contributed by atoms with E-state index in [9.17, 15) is 8.42 Å². The van der Waals surface area contributed by atoms with Crippen molar-refractivity contribution in [2.45, 2.75) is 30.8 Å². The minimum Gasteiger partial charge on any atom is -0.493 e. The number of aliphatic imine (C=N–C) groups is 1. The Morgan fingerprint density at radius 1 is 1.10 bits per heavy atom. The van der Waals surface area contributed by atoms with Gasteiger partial charge in [-0.1, -0.05) is 30.3 Å². The maximum Gasteiger partial charge on any atom is 0.240 e. The number of nitrogens with zero attached hydrogens (tertiary/aromatic N) is 1. The van der Waals surface area contributed by atoms with E-state index in [0.29, 0.717) is 25.0 Å².